The number of rotatable bonds is 5. The molecule has 0 saturated heterocycles. The molecule has 20 heavy (non-hydrogen) atoms. The van der Waals surface area contributed by atoms with Gasteiger partial charge in [0.25, 0.3) is 11.9 Å². The third-order valence-electron chi connectivity index (χ3n) is 2.70. The molecule has 1 amide bonds. The molecule has 0 aromatic carbocycles. The van der Waals surface area contributed by atoms with Gasteiger partial charge < -0.3 is 10.6 Å². The smallest absolute Gasteiger partial charge is 0.256 e. The van der Waals surface area contributed by atoms with Crippen molar-refractivity contribution in [3.63, 3.8) is 0 Å². The van der Waals surface area contributed by atoms with Gasteiger partial charge in [0.1, 0.15) is 0 Å². The van der Waals surface area contributed by atoms with E-state index in [0.717, 1.165) is 13.1 Å². The topological polar surface area (TPSA) is 103 Å². The summed E-state index contributed by atoms with van der Waals surface area (Å²) < 4.78 is 1.33. The molecule has 0 bridgehead atoms. The minimum Gasteiger partial charge on any atom is -0.366 e. The van der Waals surface area contributed by atoms with Crippen molar-refractivity contribution in [3.05, 3.63) is 23.2 Å². The third kappa shape index (κ3) is 2.85. The highest BCUT2D eigenvalue weighted by Gasteiger charge is 2.13. The van der Waals surface area contributed by atoms with E-state index in [2.05, 4.69) is 20.1 Å². The molecule has 2 aromatic heterocycles. The molecular formula is C11H14ClN7O. The molecule has 2 aromatic rings. The minimum absolute atomic E-state index is 0.0630. The predicted molar refractivity (Wildman–Crippen MR) is 74.0 cm³/mol. The summed E-state index contributed by atoms with van der Waals surface area (Å²) in [5.74, 6) is 0.126. The van der Waals surface area contributed by atoms with E-state index in [1.54, 1.807) is 0 Å². The third-order valence-corrected chi connectivity index (χ3v) is 2.87. The van der Waals surface area contributed by atoms with Crippen molar-refractivity contribution in [2.24, 2.45) is 5.73 Å². The fourth-order valence-electron chi connectivity index (χ4n) is 1.64. The average Bonchev–Trinajstić information content (AvgIpc) is 2.89. The van der Waals surface area contributed by atoms with Crippen molar-refractivity contribution in [1.82, 2.24) is 24.7 Å². The standard InChI is InChI=1S/C11H14ClN7O/c1-3-18(4-2)10-15-9(12)16-11(17-10)19-6-7(5-14-19)8(13)20/h5-6H,3-4H2,1-2H3,(H2,13,20). The van der Waals surface area contributed by atoms with Crippen LogP contribution in [0.4, 0.5) is 5.95 Å². The number of nitrogens with zero attached hydrogens (tertiary/aromatic N) is 6. The summed E-state index contributed by atoms with van der Waals surface area (Å²) in [6, 6.07) is 0. The quantitative estimate of drug-likeness (QED) is 0.869. The van der Waals surface area contributed by atoms with E-state index < -0.39 is 5.91 Å². The van der Waals surface area contributed by atoms with Crippen LogP contribution in [0.2, 0.25) is 5.28 Å². The van der Waals surface area contributed by atoms with Gasteiger partial charge in [0.15, 0.2) is 0 Å². The van der Waals surface area contributed by atoms with Crippen molar-refractivity contribution < 1.29 is 4.79 Å². The highest BCUT2D eigenvalue weighted by atomic mass is 35.5. The Bertz CT molecular complexity index is 623. The lowest BCUT2D eigenvalue weighted by Crippen LogP contribution is -2.25. The SMILES string of the molecule is CCN(CC)c1nc(Cl)nc(-n2cc(C(N)=O)cn2)n1. The molecule has 0 aliphatic heterocycles. The Hall–Kier alpha value is -2.22. The Morgan fingerprint density at radius 2 is 2.05 bits per heavy atom. The fraction of sp³-hybridized carbons (Fsp3) is 0.364. The van der Waals surface area contributed by atoms with E-state index >= 15 is 0 Å². The van der Waals surface area contributed by atoms with Gasteiger partial charge in [0.2, 0.25) is 11.2 Å². The largest absolute Gasteiger partial charge is 0.366 e. The summed E-state index contributed by atoms with van der Waals surface area (Å²) in [5.41, 5.74) is 5.45. The van der Waals surface area contributed by atoms with Gasteiger partial charge in [0.05, 0.1) is 11.8 Å². The van der Waals surface area contributed by atoms with Gasteiger partial charge in [-0.1, -0.05) is 0 Å². The Balaban J connectivity index is 2.43. The number of amides is 1. The van der Waals surface area contributed by atoms with Crippen LogP contribution in [0.15, 0.2) is 12.4 Å². The monoisotopic (exact) mass is 295 g/mol. The second-order valence-electron chi connectivity index (χ2n) is 3.91. The second-order valence-corrected chi connectivity index (χ2v) is 4.25. The number of anilines is 1. The van der Waals surface area contributed by atoms with Crippen LogP contribution in [0.1, 0.15) is 24.2 Å². The normalized spacial score (nSPS) is 10.6. The molecule has 0 unspecified atom stereocenters. The molecule has 2 heterocycles. The van der Waals surface area contributed by atoms with Crippen LogP contribution >= 0.6 is 11.6 Å². The number of primary amides is 1. The van der Waals surface area contributed by atoms with Crippen LogP contribution in [0, 0.1) is 0 Å². The molecule has 8 nitrogen and oxygen atoms in total. The van der Waals surface area contributed by atoms with Crippen LogP contribution < -0.4 is 10.6 Å². The van der Waals surface area contributed by atoms with Gasteiger partial charge in [-0.15, -0.1) is 0 Å². The zero-order valence-electron chi connectivity index (χ0n) is 11.1. The van der Waals surface area contributed by atoms with Crippen molar-refractivity contribution in [1.29, 1.82) is 0 Å². The molecule has 0 aliphatic carbocycles. The maximum absolute atomic E-state index is 11.1. The summed E-state index contributed by atoms with van der Waals surface area (Å²) in [4.78, 5) is 25.3. The van der Waals surface area contributed by atoms with Crippen LogP contribution in [0.3, 0.4) is 0 Å². The number of nitrogens with two attached hydrogens (primary N) is 1. The zero-order chi connectivity index (χ0) is 14.7. The van der Waals surface area contributed by atoms with Gasteiger partial charge in [-0.2, -0.15) is 20.1 Å². The van der Waals surface area contributed by atoms with E-state index in [-0.39, 0.29) is 16.8 Å². The molecule has 9 heteroatoms. The Labute approximate surface area is 120 Å². The Morgan fingerprint density at radius 1 is 1.35 bits per heavy atom. The van der Waals surface area contributed by atoms with E-state index in [9.17, 15) is 4.79 Å². The summed E-state index contributed by atoms with van der Waals surface area (Å²) in [6.45, 7) is 5.45. The lowest BCUT2D eigenvalue weighted by Gasteiger charge is -2.18. The number of hydrogen-bond donors (Lipinski definition) is 1. The van der Waals surface area contributed by atoms with Crippen molar-refractivity contribution in [2.75, 3.05) is 18.0 Å². The van der Waals surface area contributed by atoms with Gasteiger partial charge >= 0.3 is 0 Å². The molecular weight excluding hydrogens is 282 g/mol. The van der Waals surface area contributed by atoms with Crippen molar-refractivity contribution in [3.8, 4) is 5.95 Å². The summed E-state index contributed by atoms with van der Waals surface area (Å²) in [5, 5.41) is 4.05. The van der Waals surface area contributed by atoms with Gasteiger partial charge in [-0.05, 0) is 25.4 Å². The Kier molecular flexibility index (Phi) is 4.14. The molecule has 0 fully saturated rings. The van der Waals surface area contributed by atoms with E-state index in [0.29, 0.717) is 5.95 Å². The lowest BCUT2D eigenvalue weighted by atomic mass is 10.4. The van der Waals surface area contributed by atoms with Gasteiger partial charge in [0, 0.05) is 19.3 Å². The molecule has 106 valence electrons. The maximum Gasteiger partial charge on any atom is 0.256 e. The molecule has 0 aliphatic rings. The predicted octanol–water partition coefficient (Wildman–Crippen LogP) is 0.656. The van der Waals surface area contributed by atoms with Gasteiger partial charge in [-0.3, -0.25) is 4.79 Å². The fourth-order valence-corrected chi connectivity index (χ4v) is 1.79. The van der Waals surface area contributed by atoms with Crippen molar-refractivity contribution >= 4 is 23.5 Å². The van der Waals surface area contributed by atoms with Crippen molar-refractivity contribution in [2.45, 2.75) is 13.8 Å². The highest BCUT2D eigenvalue weighted by molar-refractivity contribution is 6.28. The van der Waals surface area contributed by atoms with E-state index in [1.807, 2.05) is 18.7 Å². The second kappa shape index (κ2) is 5.83. The van der Waals surface area contributed by atoms with Crippen LogP contribution in [-0.2, 0) is 0 Å². The average molecular weight is 296 g/mol. The summed E-state index contributed by atoms with van der Waals surface area (Å²) in [6.07, 6.45) is 2.79. The first-order valence-electron chi connectivity index (χ1n) is 6.06. The van der Waals surface area contributed by atoms with E-state index in [4.69, 9.17) is 17.3 Å². The lowest BCUT2D eigenvalue weighted by molar-refractivity contribution is 0.100. The highest BCUT2D eigenvalue weighted by Crippen LogP contribution is 2.13. The first-order chi connectivity index (χ1) is 9.55. The number of carbonyl (C=O) groups is 1. The molecule has 2 rings (SSSR count). The number of hydrogen-bond acceptors (Lipinski definition) is 6. The molecule has 0 atom stereocenters. The Morgan fingerprint density at radius 3 is 2.60 bits per heavy atom. The number of halogens is 1. The summed E-state index contributed by atoms with van der Waals surface area (Å²) >= 11 is 5.91. The van der Waals surface area contributed by atoms with Gasteiger partial charge in [-0.25, -0.2) is 4.68 Å². The van der Waals surface area contributed by atoms with Crippen LogP contribution in [0.25, 0.3) is 5.95 Å². The first kappa shape index (κ1) is 14.2. The van der Waals surface area contributed by atoms with Crippen LogP contribution in [0.5, 0.6) is 0 Å². The van der Waals surface area contributed by atoms with E-state index in [1.165, 1.54) is 17.1 Å². The number of aromatic nitrogens is 5. The zero-order valence-corrected chi connectivity index (χ0v) is 11.9. The summed E-state index contributed by atoms with van der Waals surface area (Å²) in [7, 11) is 0. The van der Waals surface area contributed by atoms with Crippen LogP contribution in [-0.4, -0.2) is 43.7 Å². The molecule has 2 N–H and O–H groups in total. The first-order valence-corrected chi connectivity index (χ1v) is 6.44. The maximum atomic E-state index is 11.1. The molecule has 0 radical (unpaired) electrons. The minimum atomic E-state index is -0.569. The number of carbonyl (C=O) groups excluding carboxylic acids is 1. The molecule has 0 spiro atoms. The molecule has 0 saturated carbocycles.